The maximum absolute atomic E-state index is 5.25. The van der Waals surface area contributed by atoms with E-state index in [1.165, 1.54) is 38.5 Å². The predicted molar refractivity (Wildman–Crippen MR) is 72.7 cm³/mol. The Balaban J connectivity index is 3.37. The van der Waals surface area contributed by atoms with Gasteiger partial charge in [-0.25, -0.2) is 0 Å². The number of rotatable bonds is 10. The molecular weight excluding hydrogens is 196 g/mol. The number of allylic oxidation sites excluding steroid dienone is 1. The second kappa shape index (κ2) is 9.89. The Morgan fingerprint density at radius 1 is 1.00 bits per heavy atom. The van der Waals surface area contributed by atoms with Crippen LogP contribution >= 0.6 is 0 Å². The Hall–Kier alpha value is -0.300. The quantitative estimate of drug-likeness (QED) is 0.485. The third-order valence-corrected chi connectivity index (χ3v) is 3.47. The van der Waals surface area contributed by atoms with E-state index in [1.807, 2.05) is 0 Å². The number of hydrogen-bond acceptors (Lipinski definition) is 1. The van der Waals surface area contributed by atoms with Crippen LogP contribution in [0.2, 0.25) is 0 Å². The maximum atomic E-state index is 5.25. The smallest absolute Gasteiger partial charge is 0.0543 e. The van der Waals surface area contributed by atoms with Gasteiger partial charge in [0.05, 0.1) is 6.10 Å². The first-order valence-electron chi connectivity index (χ1n) is 6.75. The van der Waals surface area contributed by atoms with Crippen molar-refractivity contribution in [3.8, 4) is 0 Å². The van der Waals surface area contributed by atoms with Gasteiger partial charge in [0.2, 0.25) is 0 Å². The first-order chi connectivity index (χ1) is 7.60. The molecule has 0 amide bonds. The lowest BCUT2D eigenvalue weighted by atomic mass is 9.94. The van der Waals surface area contributed by atoms with Crippen molar-refractivity contribution < 1.29 is 4.74 Å². The van der Waals surface area contributed by atoms with Gasteiger partial charge in [0, 0.05) is 7.11 Å². The van der Waals surface area contributed by atoms with E-state index < -0.39 is 0 Å². The Morgan fingerprint density at radius 2 is 1.56 bits per heavy atom. The fraction of sp³-hybridized carbons (Fsp3) is 0.867. The molecule has 1 heteroatoms. The topological polar surface area (TPSA) is 9.23 Å². The van der Waals surface area contributed by atoms with Crippen molar-refractivity contribution in [2.24, 2.45) is 11.8 Å². The summed E-state index contributed by atoms with van der Waals surface area (Å²) in [6.07, 6.45) is 10.3. The molecule has 0 bridgehead atoms. The largest absolute Gasteiger partial charge is 0.382 e. The van der Waals surface area contributed by atoms with Crippen LogP contribution in [0, 0.1) is 11.8 Å². The molecule has 0 N–H and O–H groups in total. The molecule has 0 fully saturated rings. The van der Waals surface area contributed by atoms with Crippen LogP contribution in [0.1, 0.15) is 59.3 Å². The lowest BCUT2D eigenvalue weighted by molar-refractivity contribution is 0.107. The van der Waals surface area contributed by atoms with Gasteiger partial charge in [-0.05, 0) is 31.6 Å². The summed E-state index contributed by atoms with van der Waals surface area (Å²) >= 11 is 0. The standard InChI is InChI=1S/C15H30O/c1-6-13(2)9-7-10-14(3)11-8-12-15(4)16-5/h6,13-15H,1,7-12H2,2-5H3. The summed E-state index contributed by atoms with van der Waals surface area (Å²) < 4.78 is 5.25. The first kappa shape index (κ1) is 15.7. The number of methoxy groups -OCH3 is 1. The first-order valence-corrected chi connectivity index (χ1v) is 6.75. The zero-order chi connectivity index (χ0) is 12.4. The van der Waals surface area contributed by atoms with Crippen LogP contribution in [0.4, 0.5) is 0 Å². The molecule has 1 nitrogen and oxygen atoms in total. The zero-order valence-electron chi connectivity index (χ0n) is 11.7. The van der Waals surface area contributed by atoms with Crippen LogP contribution in [0.5, 0.6) is 0 Å². The van der Waals surface area contributed by atoms with Gasteiger partial charge in [0.15, 0.2) is 0 Å². The van der Waals surface area contributed by atoms with E-state index in [9.17, 15) is 0 Å². The molecule has 0 aliphatic rings. The Kier molecular flexibility index (Phi) is 9.71. The molecule has 3 atom stereocenters. The Morgan fingerprint density at radius 3 is 2.06 bits per heavy atom. The average molecular weight is 226 g/mol. The molecule has 0 heterocycles. The molecule has 0 radical (unpaired) electrons. The molecule has 0 aromatic carbocycles. The normalized spacial score (nSPS) is 16.8. The average Bonchev–Trinajstić information content (AvgIpc) is 2.28. The van der Waals surface area contributed by atoms with E-state index in [4.69, 9.17) is 4.74 Å². The van der Waals surface area contributed by atoms with Crippen LogP contribution in [0.15, 0.2) is 12.7 Å². The minimum Gasteiger partial charge on any atom is -0.382 e. The minimum absolute atomic E-state index is 0.424. The van der Waals surface area contributed by atoms with Crippen LogP contribution in [0.25, 0.3) is 0 Å². The van der Waals surface area contributed by atoms with Gasteiger partial charge in [-0.1, -0.05) is 45.6 Å². The van der Waals surface area contributed by atoms with E-state index in [0.717, 1.165) is 5.92 Å². The van der Waals surface area contributed by atoms with Crippen molar-refractivity contribution in [2.45, 2.75) is 65.4 Å². The third-order valence-electron chi connectivity index (χ3n) is 3.47. The second-order valence-corrected chi connectivity index (χ2v) is 5.23. The van der Waals surface area contributed by atoms with E-state index >= 15 is 0 Å². The summed E-state index contributed by atoms with van der Waals surface area (Å²) in [6.45, 7) is 10.6. The summed E-state index contributed by atoms with van der Waals surface area (Å²) in [5.74, 6) is 1.54. The molecule has 0 rings (SSSR count). The fourth-order valence-electron chi connectivity index (χ4n) is 1.92. The molecular formula is C15H30O. The highest BCUT2D eigenvalue weighted by Crippen LogP contribution is 2.18. The molecule has 0 saturated heterocycles. The number of hydrogen-bond donors (Lipinski definition) is 0. The summed E-state index contributed by atoms with van der Waals surface area (Å²) in [5.41, 5.74) is 0. The molecule has 3 unspecified atom stereocenters. The van der Waals surface area contributed by atoms with Crippen LogP contribution < -0.4 is 0 Å². The van der Waals surface area contributed by atoms with Crippen molar-refractivity contribution >= 4 is 0 Å². The van der Waals surface area contributed by atoms with Crippen molar-refractivity contribution in [3.63, 3.8) is 0 Å². The Labute approximate surface area is 102 Å². The van der Waals surface area contributed by atoms with Crippen LogP contribution in [0.3, 0.4) is 0 Å². The molecule has 16 heavy (non-hydrogen) atoms. The van der Waals surface area contributed by atoms with Gasteiger partial charge in [-0.3, -0.25) is 0 Å². The highest BCUT2D eigenvalue weighted by Gasteiger charge is 2.05. The minimum atomic E-state index is 0.424. The monoisotopic (exact) mass is 226 g/mol. The summed E-state index contributed by atoms with van der Waals surface area (Å²) in [5, 5.41) is 0. The predicted octanol–water partition coefficient (Wildman–Crippen LogP) is 4.82. The van der Waals surface area contributed by atoms with E-state index in [2.05, 4.69) is 33.4 Å². The maximum Gasteiger partial charge on any atom is 0.0543 e. The molecule has 0 spiro atoms. The van der Waals surface area contributed by atoms with E-state index in [0.29, 0.717) is 12.0 Å². The highest BCUT2D eigenvalue weighted by molar-refractivity contribution is 4.74. The number of ether oxygens (including phenoxy) is 1. The van der Waals surface area contributed by atoms with Gasteiger partial charge in [-0.2, -0.15) is 0 Å². The Bertz CT molecular complexity index is 165. The van der Waals surface area contributed by atoms with Gasteiger partial charge >= 0.3 is 0 Å². The molecule has 0 aliphatic heterocycles. The zero-order valence-corrected chi connectivity index (χ0v) is 11.7. The van der Waals surface area contributed by atoms with Gasteiger partial charge < -0.3 is 4.74 Å². The van der Waals surface area contributed by atoms with Gasteiger partial charge in [0.1, 0.15) is 0 Å². The highest BCUT2D eigenvalue weighted by atomic mass is 16.5. The lowest BCUT2D eigenvalue weighted by Gasteiger charge is -2.14. The second-order valence-electron chi connectivity index (χ2n) is 5.23. The van der Waals surface area contributed by atoms with Crippen LogP contribution in [-0.2, 0) is 4.74 Å². The lowest BCUT2D eigenvalue weighted by Crippen LogP contribution is -2.05. The van der Waals surface area contributed by atoms with Crippen molar-refractivity contribution in [1.82, 2.24) is 0 Å². The fourth-order valence-corrected chi connectivity index (χ4v) is 1.92. The van der Waals surface area contributed by atoms with Gasteiger partial charge in [0.25, 0.3) is 0 Å². The van der Waals surface area contributed by atoms with Gasteiger partial charge in [-0.15, -0.1) is 6.58 Å². The third kappa shape index (κ3) is 8.96. The van der Waals surface area contributed by atoms with E-state index in [1.54, 1.807) is 7.11 Å². The van der Waals surface area contributed by atoms with Crippen molar-refractivity contribution in [3.05, 3.63) is 12.7 Å². The molecule has 96 valence electrons. The summed E-state index contributed by atoms with van der Waals surface area (Å²) in [4.78, 5) is 0. The molecule has 0 aliphatic carbocycles. The van der Waals surface area contributed by atoms with Crippen LogP contribution in [-0.4, -0.2) is 13.2 Å². The van der Waals surface area contributed by atoms with E-state index in [-0.39, 0.29) is 0 Å². The molecule has 0 saturated carbocycles. The molecule has 0 aromatic rings. The SMILES string of the molecule is C=CC(C)CCCC(C)CCCC(C)OC. The summed E-state index contributed by atoms with van der Waals surface area (Å²) in [6, 6.07) is 0. The van der Waals surface area contributed by atoms with Crippen molar-refractivity contribution in [2.75, 3.05) is 7.11 Å². The summed E-state index contributed by atoms with van der Waals surface area (Å²) in [7, 11) is 1.80. The molecule has 0 aromatic heterocycles. The van der Waals surface area contributed by atoms with Crippen molar-refractivity contribution in [1.29, 1.82) is 0 Å².